The van der Waals surface area contributed by atoms with Crippen molar-refractivity contribution in [2.45, 2.75) is 0 Å². The van der Waals surface area contributed by atoms with E-state index in [0.29, 0.717) is 0 Å². The molecule has 4 heteroatoms. The molecule has 2 heterocycles. The average molecular weight is 561 g/mol. The summed E-state index contributed by atoms with van der Waals surface area (Å²) in [5.74, 6) is 0. The monoisotopic (exact) mass is 560 g/mol. The van der Waals surface area contributed by atoms with Crippen LogP contribution in [0, 0.1) is 0 Å². The van der Waals surface area contributed by atoms with Gasteiger partial charge in [0.2, 0.25) is 0 Å². The van der Waals surface area contributed by atoms with E-state index in [9.17, 15) is 0 Å². The molecule has 0 bridgehead atoms. The minimum absolute atomic E-state index is 0.977. The highest BCUT2D eigenvalue weighted by Crippen LogP contribution is 2.46. The Hall–Kier alpha value is -4.56. The number of aromatic nitrogens is 2. The lowest BCUT2D eigenvalue weighted by Crippen LogP contribution is -2.26. The normalized spacial score (nSPS) is 12.0. The van der Waals surface area contributed by atoms with E-state index in [1.807, 2.05) is 0 Å². The third-order valence-electron chi connectivity index (χ3n) is 8.05. The van der Waals surface area contributed by atoms with Crippen LogP contribution in [0.25, 0.3) is 49.5 Å². The summed E-state index contributed by atoms with van der Waals surface area (Å²) >= 11 is 6.76. The summed E-state index contributed by atoms with van der Waals surface area (Å²) in [7, 11) is 0. The molecule has 0 saturated carbocycles. The van der Waals surface area contributed by atoms with Crippen molar-refractivity contribution in [2.24, 2.45) is 0 Å². The van der Waals surface area contributed by atoms with E-state index in [1.165, 1.54) is 37.8 Å². The van der Waals surface area contributed by atoms with Gasteiger partial charge in [-0.2, -0.15) is 0 Å². The molecule has 2 nitrogen and oxygen atoms in total. The number of benzene rings is 6. The average Bonchev–Trinajstić information content (AvgIpc) is 3.45. The van der Waals surface area contributed by atoms with Gasteiger partial charge >= 0.3 is 0 Å². The maximum atomic E-state index is 6.76. The van der Waals surface area contributed by atoms with E-state index >= 15 is 0 Å². The van der Waals surface area contributed by atoms with E-state index in [1.54, 1.807) is 0 Å². The number of hydrogen-bond donors (Lipinski definition) is 0. The number of rotatable bonds is 4. The van der Waals surface area contributed by atoms with Crippen LogP contribution in [0.2, 0.25) is 0 Å². The van der Waals surface area contributed by atoms with Crippen LogP contribution in [0.15, 0.2) is 152 Å². The fraction of sp³-hybridized carbons (Fsp3) is 0. The number of fused-ring (bicyclic) bond motifs is 8. The Morgan fingerprint density at radius 1 is 0.512 bits per heavy atom. The smallest absolute Gasteiger partial charge is 0.146 e. The van der Waals surface area contributed by atoms with Gasteiger partial charge in [0.1, 0.15) is 5.65 Å². The summed E-state index contributed by atoms with van der Waals surface area (Å²) in [6, 6.07) is 51.5. The molecule has 0 fully saturated rings. The molecule has 0 aliphatic rings. The van der Waals surface area contributed by atoms with Crippen molar-refractivity contribution < 1.29 is 0 Å². The molecule has 0 aliphatic carbocycles. The first-order valence-corrected chi connectivity index (χ1v) is 16.6. The van der Waals surface area contributed by atoms with Crippen LogP contribution in [-0.2, 0) is 11.8 Å². The molecule has 0 amide bonds. The van der Waals surface area contributed by atoms with E-state index in [2.05, 4.69) is 156 Å². The van der Waals surface area contributed by atoms with Crippen molar-refractivity contribution in [1.82, 2.24) is 9.38 Å². The molecule has 0 unspecified atom stereocenters. The molecule has 0 spiro atoms. The van der Waals surface area contributed by atoms with Gasteiger partial charge in [-0.05, 0) is 51.4 Å². The van der Waals surface area contributed by atoms with E-state index in [0.717, 1.165) is 27.6 Å². The lowest BCUT2D eigenvalue weighted by molar-refractivity contribution is 1.31. The molecule has 0 saturated heterocycles. The zero-order valence-electron chi connectivity index (χ0n) is 22.2. The zero-order chi connectivity index (χ0) is 27.4. The molecule has 0 N–H and O–H groups in total. The highest BCUT2D eigenvalue weighted by atomic mass is 32.4. The first-order valence-electron chi connectivity index (χ1n) is 13.8. The summed E-state index contributed by atoms with van der Waals surface area (Å²) < 4.78 is 2.31. The van der Waals surface area contributed by atoms with Crippen LogP contribution in [0.3, 0.4) is 0 Å². The van der Waals surface area contributed by atoms with Crippen molar-refractivity contribution in [3.05, 3.63) is 152 Å². The predicted octanol–water partition coefficient (Wildman–Crippen LogP) is 8.22. The van der Waals surface area contributed by atoms with Crippen molar-refractivity contribution in [3.8, 4) is 11.1 Å². The first-order chi connectivity index (χ1) is 20.2. The first kappa shape index (κ1) is 24.3. The Labute approximate surface area is 243 Å². The van der Waals surface area contributed by atoms with Gasteiger partial charge in [0.25, 0.3) is 0 Å². The summed E-state index contributed by atoms with van der Waals surface area (Å²) in [6.07, 6.45) is 0. The number of nitrogens with zero attached hydrogens (tertiary/aromatic N) is 2. The lowest BCUT2D eigenvalue weighted by Gasteiger charge is -2.26. The molecule has 2 aromatic heterocycles. The summed E-state index contributed by atoms with van der Waals surface area (Å²) in [4.78, 5) is 5.14. The molecule has 0 atom stereocenters. The Morgan fingerprint density at radius 3 is 1.88 bits per heavy atom. The zero-order valence-corrected chi connectivity index (χ0v) is 23.9. The molecule has 8 aromatic rings. The van der Waals surface area contributed by atoms with Crippen molar-refractivity contribution in [2.75, 3.05) is 0 Å². The van der Waals surface area contributed by atoms with Crippen LogP contribution in [0.4, 0.5) is 0 Å². The van der Waals surface area contributed by atoms with Gasteiger partial charge < -0.3 is 0 Å². The van der Waals surface area contributed by atoms with Crippen LogP contribution >= 0.6 is 6.04 Å². The van der Waals surface area contributed by atoms with E-state index in [-0.39, 0.29) is 0 Å². The van der Waals surface area contributed by atoms with E-state index in [4.69, 9.17) is 16.8 Å². The van der Waals surface area contributed by atoms with Crippen LogP contribution in [0.1, 0.15) is 0 Å². The van der Waals surface area contributed by atoms with E-state index < -0.39 is 6.04 Å². The molecule has 194 valence electrons. The molecule has 0 aliphatic heterocycles. The second kappa shape index (κ2) is 9.52. The van der Waals surface area contributed by atoms with Crippen molar-refractivity contribution >= 4 is 72.1 Å². The third kappa shape index (κ3) is 3.70. The maximum absolute atomic E-state index is 6.76. The van der Waals surface area contributed by atoms with Gasteiger partial charge in [-0.1, -0.05) is 139 Å². The number of para-hydroxylation sites is 3. The largest absolute Gasteiger partial charge is 0.292 e. The molecule has 0 radical (unpaired) electrons. The Bertz CT molecular complexity index is 2240. The second-order valence-corrected chi connectivity index (χ2v) is 14.7. The Balaban J connectivity index is 1.45. The standard InChI is InChI=1S/C37H25N2PS/c41-40(27-13-3-1-4-14-27,28-15-5-2-6-16-28)36-22-12-8-17-29(36)26-23-24-30-31-18-7-10-20-34(31)39-35-21-11-9-19-33(35)38-37(39)32(30)25-26/h1-25H. The fourth-order valence-electron chi connectivity index (χ4n) is 6.17. The predicted molar refractivity (Wildman–Crippen MR) is 179 cm³/mol. The highest BCUT2D eigenvalue weighted by Gasteiger charge is 2.27. The third-order valence-corrected chi connectivity index (χ3v) is 13.0. The minimum atomic E-state index is -2.34. The minimum Gasteiger partial charge on any atom is -0.292 e. The molecule has 41 heavy (non-hydrogen) atoms. The number of pyridine rings is 1. The van der Waals surface area contributed by atoms with Crippen molar-refractivity contribution in [1.29, 1.82) is 0 Å². The molecular weight excluding hydrogens is 535 g/mol. The Morgan fingerprint density at radius 2 is 1.12 bits per heavy atom. The molecular formula is C37H25N2PS. The van der Waals surface area contributed by atoms with Gasteiger partial charge in [0.15, 0.2) is 0 Å². The quantitative estimate of drug-likeness (QED) is 0.159. The maximum Gasteiger partial charge on any atom is 0.146 e. The number of hydrogen-bond acceptors (Lipinski definition) is 2. The summed E-state index contributed by atoms with van der Waals surface area (Å²) in [5.41, 5.74) is 6.59. The van der Waals surface area contributed by atoms with Gasteiger partial charge in [0.05, 0.1) is 16.6 Å². The van der Waals surface area contributed by atoms with Crippen molar-refractivity contribution in [3.63, 3.8) is 0 Å². The summed E-state index contributed by atoms with van der Waals surface area (Å²) in [5, 5.41) is 7.16. The topological polar surface area (TPSA) is 17.3 Å². The van der Waals surface area contributed by atoms with Crippen LogP contribution in [0.5, 0.6) is 0 Å². The fourth-order valence-corrected chi connectivity index (χ4v) is 10.3. The summed E-state index contributed by atoms with van der Waals surface area (Å²) in [6.45, 7) is 0. The van der Waals surface area contributed by atoms with Crippen LogP contribution < -0.4 is 15.9 Å². The van der Waals surface area contributed by atoms with Gasteiger partial charge in [-0.15, -0.1) is 0 Å². The Kier molecular flexibility index (Phi) is 5.63. The lowest BCUT2D eigenvalue weighted by atomic mass is 9.99. The van der Waals surface area contributed by atoms with Gasteiger partial charge in [0, 0.05) is 22.1 Å². The molecule has 6 aromatic carbocycles. The highest BCUT2D eigenvalue weighted by molar-refractivity contribution is 8.25. The second-order valence-electron chi connectivity index (χ2n) is 10.3. The number of imidazole rings is 1. The van der Waals surface area contributed by atoms with Crippen LogP contribution in [-0.4, -0.2) is 9.38 Å². The van der Waals surface area contributed by atoms with Gasteiger partial charge in [-0.25, -0.2) is 4.98 Å². The van der Waals surface area contributed by atoms with Gasteiger partial charge in [-0.3, -0.25) is 4.40 Å². The SMILES string of the molecule is S=P(c1ccccc1)(c1ccccc1)c1ccccc1-c1ccc2c3ccccc3n3c4ccccc4nc3c2c1. The molecule has 8 rings (SSSR count).